The molecule has 0 saturated heterocycles. The van der Waals surface area contributed by atoms with E-state index < -0.39 is 0 Å². The van der Waals surface area contributed by atoms with E-state index in [1.54, 1.807) is 12.1 Å². The highest BCUT2D eigenvalue weighted by atomic mass is 16.3. The molecule has 0 amide bonds. The Labute approximate surface area is 102 Å². The molecule has 1 aliphatic rings. The zero-order chi connectivity index (χ0) is 12.4. The molecule has 2 rings (SSSR count). The van der Waals surface area contributed by atoms with Crippen LogP contribution in [0.5, 0.6) is 11.5 Å². The van der Waals surface area contributed by atoms with Crippen molar-refractivity contribution >= 4 is 0 Å². The molecule has 0 spiro atoms. The number of aromatic hydroxyl groups is 2. The fraction of sp³-hybridized carbons (Fsp3) is 0.429. The van der Waals surface area contributed by atoms with Gasteiger partial charge in [0.1, 0.15) is 0 Å². The second kappa shape index (κ2) is 4.68. The highest BCUT2D eigenvalue weighted by molar-refractivity contribution is 5.46. The lowest BCUT2D eigenvalue weighted by Crippen LogP contribution is -2.36. The van der Waals surface area contributed by atoms with Crippen molar-refractivity contribution in [2.45, 2.75) is 25.3 Å². The topological polar surface area (TPSA) is 43.7 Å². The van der Waals surface area contributed by atoms with Crippen LogP contribution < -0.4 is 0 Å². The van der Waals surface area contributed by atoms with Crippen LogP contribution in [0.25, 0.3) is 0 Å². The average Bonchev–Trinajstić information content (AvgIpc) is 2.30. The van der Waals surface area contributed by atoms with Gasteiger partial charge < -0.3 is 10.2 Å². The molecule has 1 aromatic carbocycles. The largest absolute Gasteiger partial charge is 0.504 e. The Morgan fingerprint density at radius 3 is 2.65 bits per heavy atom. The first-order valence-corrected chi connectivity index (χ1v) is 5.79. The lowest BCUT2D eigenvalue weighted by molar-refractivity contribution is 0.246. The van der Waals surface area contributed by atoms with E-state index in [0.717, 1.165) is 30.4 Å². The smallest absolute Gasteiger partial charge is 0.157 e. The van der Waals surface area contributed by atoms with Gasteiger partial charge in [0.2, 0.25) is 0 Å². The maximum absolute atomic E-state index is 9.51. The number of phenolic OH excluding ortho intramolecular Hbond substituents is 2. The Morgan fingerprint density at radius 2 is 2.00 bits per heavy atom. The molecule has 0 aliphatic heterocycles. The van der Waals surface area contributed by atoms with Crippen molar-refractivity contribution in [2.75, 3.05) is 13.6 Å². The summed E-state index contributed by atoms with van der Waals surface area (Å²) in [6.07, 6.45) is 8.14. The molecule has 0 radical (unpaired) electrons. The molecule has 17 heavy (non-hydrogen) atoms. The van der Waals surface area contributed by atoms with E-state index in [1.807, 2.05) is 7.05 Å². The van der Waals surface area contributed by atoms with Crippen LogP contribution in [0.15, 0.2) is 12.1 Å². The van der Waals surface area contributed by atoms with Crippen LogP contribution in [-0.2, 0) is 12.8 Å². The summed E-state index contributed by atoms with van der Waals surface area (Å²) >= 11 is 0. The summed E-state index contributed by atoms with van der Waals surface area (Å²) in [5, 5.41) is 19.0. The van der Waals surface area contributed by atoms with Crippen LogP contribution >= 0.6 is 0 Å². The number of terminal acetylenes is 1. The summed E-state index contributed by atoms with van der Waals surface area (Å²) in [6.45, 7) is 0.643. The number of hydrogen-bond donors (Lipinski definition) is 2. The average molecular weight is 231 g/mol. The maximum Gasteiger partial charge on any atom is 0.157 e. The molecule has 0 fully saturated rings. The summed E-state index contributed by atoms with van der Waals surface area (Å²) in [5.41, 5.74) is 2.24. The summed E-state index contributed by atoms with van der Waals surface area (Å²) in [6, 6.07) is 3.75. The van der Waals surface area contributed by atoms with Gasteiger partial charge in [-0.15, -0.1) is 6.42 Å². The van der Waals surface area contributed by atoms with Gasteiger partial charge in [0.05, 0.1) is 6.54 Å². The van der Waals surface area contributed by atoms with Crippen LogP contribution in [0.4, 0.5) is 0 Å². The molecule has 1 atom stereocenters. The molecule has 0 saturated carbocycles. The SMILES string of the molecule is C#CCN(C)C1CCc2cc(O)c(O)cc2C1. The summed E-state index contributed by atoms with van der Waals surface area (Å²) in [4.78, 5) is 2.16. The number of phenols is 2. The van der Waals surface area contributed by atoms with Gasteiger partial charge in [-0.2, -0.15) is 0 Å². The minimum absolute atomic E-state index is 0.0285. The minimum Gasteiger partial charge on any atom is -0.504 e. The standard InChI is InChI=1S/C14H17NO2/c1-3-6-15(2)12-5-4-10-8-13(16)14(17)9-11(10)7-12/h1,8-9,12,16-17H,4-7H2,2H3. The fourth-order valence-electron chi connectivity index (χ4n) is 2.41. The third-order valence-corrected chi connectivity index (χ3v) is 3.46. The highest BCUT2D eigenvalue weighted by Crippen LogP contribution is 2.33. The van der Waals surface area contributed by atoms with E-state index in [4.69, 9.17) is 6.42 Å². The van der Waals surface area contributed by atoms with Crippen molar-refractivity contribution in [1.82, 2.24) is 4.90 Å². The van der Waals surface area contributed by atoms with Crippen LogP contribution in [0.3, 0.4) is 0 Å². The van der Waals surface area contributed by atoms with Crippen LogP contribution in [0, 0.1) is 12.3 Å². The molecule has 0 heterocycles. The lowest BCUT2D eigenvalue weighted by Gasteiger charge is -2.31. The zero-order valence-corrected chi connectivity index (χ0v) is 9.98. The minimum atomic E-state index is -0.0380. The van der Waals surface area contributed by atoms with E-state index in [-0.39, 0.29) is 11.5 Å². The van der Waals surface area contributed by atoms with E-state index in [1.165, 1.54) is 0 Å². The predicted molar refractivity (Wildman–Crippen MR) is 67.0 cm³/mol. The molecular formula is C14H17NO2. The van der Waals surface area contributed by atoms with Gasteiger partial charge in [-0.05, 0) is 49.6 Å². The van der Waals surface area contributed by atoms with Crippen LogP contribution in [0.2, 0.25) is 0 Å². The maximum atomic E-state index is 9.51. The molecule has 1 aromatic rings. The molecule has 0 bridgehead atoms. The molecule has 3 heteroatoms. The van der Waals surface area contributed by atoms with Crippen molar-refractivity contribution < 1.29 is 10.2 Å². The number of hydrogen-bond acceptors (Lipinski definition) is 3. The number of nitrogens with zero attached hydrogens (tertiary/aromatic N) is 1. The number of likely N-dealkylation sites (N-methyl/N-ethyl adjacent to an activating group) is 1. The van der Waals surface area contributed by atoms with Crippen molar-refractivity contribution in [3.05, 3.63) is 23.3 Å². The van der Waals surface area contributed by atoms with Gasteiger partial charge >= 0.3 is 0 Å². The van der Waals surface area contributed by atoms with Gasteiger partial charge in [0.15, 0.2) is 11.5 Å². The first-order chi connectivity index (χ1) is 8.11. The Morgan fingerprint density at radius 1 is 1.35 bits per heavy atom. The third kappa shape index (κ3) is 2.37. The Bertz CT molecular complexity index is 462. The molecule has 0 aromatic heterocycles. The Balaban J connectivity index is 2.19. The van der Waals surface area contributed by atoms with Gasteiger partial charge in [-0.3, -0.25) is 4.90 Å². The monoisotopic (exact) mass is 231 g/mol. The van der Waals surface area contributed by atoms with Gasteiger partial charge in [-0.25, -0.2) is 0 Å². The Kier molecular flexibility index (Phi) is 3.26. The quantitative estimate of drug-likeness (QED) is 0.599. The Hall–Kier alpha value is -1.66. The number of benzene rings is 1. The van der Waals surface area contributed by atoms with Crippen molar-refractivity contribution in [2.24, 2.45) is 0 Å². The second-order valence-electron chi connectivity index (χ2n) is 4.63. The van der Waals surface area contributed by atoms with E-state index >= 15 is 0 Å². The fourth-order valence-corrected chi connectivity index (χ4v) is 2.41. The number of rotatable bonds is 2. The molecule has 90 valence electrons. The molecular weight excluding hydrogens is 214 g/mol. The lowest BCUT2D eigenvalue weighted by atomic mass is 9.87. The highest BCUT2D eigenvalue weighted by Gasteiger charge is 2.22. The third-order valence-electron chi connectivity index (χ3n) is 3.46. The second-order valence-corrected chi connectivity index (χ2v) is 4.63. The van der Waals surface area contributed by atoms with Crippen molar-refractivity contribution in [3.63, 3.8) is 0 Å². The van der Waals surface area contributed by atoms with Crippen LogP contribution in [-0.4, -0.2) is 34.7 Å². The first-order valence-electron chi connectivity index (χ1n) is 5.79. The first kappa shape index (κ1) is 11.8. The summed E-state index contributed by atoms with van der Waals surface area (Å²) in [7, 11) is 2.02. The van der Waals surface area contributed by atoms with Crippen molar-refractivity contribution in [1.29, 1.82) is 0 Å². The van der Waals surface area contributed by atoms with Gasteiger partial charge in [0.25, 0.3) is 0 Å². The van der Waals surface area contributed by atoms with E-state index in [0.29, 0.717) is 12.6 Å². The molecule has 3 nitrogen and oxygen atoms in total. The number of fused-ring (bicyclic) bond motifs is 1. The predicted octanol–water partition coefficient (Wildman–Crippen LogP) is 1.52. The molecule has 1 unspecified atom stereocenters. The zero-order valence-electron chi connectivity index (χ0n) is 9.98. The normalized spacial score (nSPS) is 18.8. The van der Waals surface area contributed by atoms with E-state index in [9.17, 15) is 10.2 Å². The number of aryl methyl sites for hydroxylation is 1. The van der Waals surface area contributed by atoms with Gasteiger partial charge in [-0.1, -0.05) is 5.92 Å². The van der Waals surface area contributed by atoms with Crippen LogP contribution in [0.1, 0.15) is 17.5 Å². The summed E-state index contributed by atoms with van der Waals surface area (Å²) < 4.78 is 0. The summed E-state index contributed by atoms with van der Waals surface area (Å²) in [5.74, 6) is 2.58. The molecule has 1 aliphatic carbocycles. The van der Waals surface area contributed by atoms with Crippen molar-refractivity contribution in [3.8, 4) is 23.8 Å². The van der Waals surface area contributed by atoms with Gasteiger partial charge in [0, 0.05) is 6.04 Å². The van der Waals surface area contributed by atoms with E-state index in [2.05, 4.69) is 10.8 Å². The molecule has 2 N–H and O–H groups in total.